The van der Waals surface area contributed by atoms with Gasteiger partial charge in [0.05, 0.1) is 57.1 Å². The van der Waals surface area contributed by atoms with Crippen molar-refractivity contribution in [1.29, 1.82) is 0 Å². The predicted octanol–water partition coefficient (Wildman–Crippen LogP) is -2.89. The van der Waals surface area contributed by atoms with Crippen LogP contribution in [-0.4, -0.2) is 84.9 Å². The molecule has 5 N–H and O–H groups in total. The number of hydrogen-bond acceptors (Lipinski definition) is 8. The van der Waals surface area contributed by atoms with Gasteiger partial charge in [-0.05, 0) is 0 Å². The van der Waals surface area contributed by atoms with E-state index in [1.54, 1.807) is 0 Å². The Kier molecular flexibility index (Phi) is 8.81. The zero-order valence-electron chi connectivity index (χ0n) is 10.7. The number of carbonyl (C=O) groups is 1. The first-order valence-electron chi connectivity index (χ1n) is 5.75. The third-order valence-corrected chi connectivity index (χ3v) is 2.95. The highest BCUT2D eigenvalue weighted by Crippen LogP contribution is 2.20. The molecule has 0 saturated heterocycles. The van der Waals surface area contributed by atoms with E-state index in [0.717, 1.165) is 0 Å². The van der Waals surface area contributed by atoms with Crippen LogP contribution in [0, 0.1) is 10.8 Å². The summed E-state index contributed by atoms with van der Waals surface area (Å²) < 4.78 is 9.73. The molecule has 114 valence electrons. The van der Waals surface area contributed by atoms with Crippen molar-refractivity contribution in [2.24, 2.45) is 10.8 Å². The molecular weight excluding hydrogens is 260 g/mol. The van der Waals surface area contributed by atoms with Crippen molar-refractivity contribution in [3.63, 3.8) is 0 Å². The molecule has 0 aliphatic carbocycles. The normalized spacial score (nSPS) is 12.5. The van der Waals surface area contributed by atoms with Gasteiger partial charge in [-0.2, -0.15) is 0 Å². The van der Waals surface area contributed by atoms with E-state index in [1.165, 1.54) is 0 Å². The van der Waals surface area contributed by atoms with E-state index in [2.05, 4.69) is 4.74 Å². The highest BCUT2D eigenvalue weighted by Gasteiger charge is 2.33. The lowest BCUT2D eigenvalue weighted by atomic mass is 9.91. The van der Waals surface area contributed by atoms with E-state index < -0.39 is 43.9 Å². The molecule has 0 spiro atoms. The predicted molar refractivity (Wildman–Crippen MR) is 63.1 cm³/mol. The molecule has 8 nitrogen and oxygen atoms in total. The fourth-order valence-corrected chi connectivity index (χ4v) is 1.26. The Bertz CT molecular complexity index is 229. The second-order valence-corrected chi connectivity index (χ2v) is 4.69. The molecule has 0 aromatic heterocycles. The first-order valence-corrected chi connectivity index (χ1v) is 5.75. The molecule has 0 unspecified atom stereocenters. The van der Waals surface area contributed by atoms with Crippen LogP contribution in [0.5, 0.6) is 0 Å². The van der Waals surface area contributed by atoms with E-state index in [9.17, 15) is 15.0 Å². The number of aliphatic hydroxyl groups is 5. The second kappa shape index (κ2) is 9.18. The lowest BCUT2D eigenvalue weighted by Crippen LogP contribution is -2.43. The van der Waals surface area contributed by atoms with Gasteiger partial charge >= 0.3 is 0 Å². The molecule has 0 fully saturated rings. The van der Waals surface area contributed by atoms with Gasteiger partial charge in [-0.1, -0.05) is 0 Å². The molecule has 0 radical (unpaired) electrons. The van der Waals surface area contributed by atoms with Gasteiger partial charge in [0.15, 0.2) is 0 Å². The molecule has 0 bridgehead atoms. The molecule has 0 amide bonds. The van der Waals surface area contributed by atoms with Crippen molar-refractivity contribution in [1.82, 2.24) is 0 Å². The van der Waals surface area contributed by atoms with Crippen LogP contribution >= 0.6 is 0 Å². The Balaban J connectivity index is 4.43. The molecule has 0 saturated carbocycles. The third-order valence-electron chi connectivity index (χ3n) is 2.95. The van der Waals surface area contributed by atoms with Crippen molar-refractivity contribution in [3.8, 4) is 0 Å². The number of aliphatic hydroxyl groups excluding tert-OH is 5. The van der Waals surface area contributed by atoms with Gasteiger partial charge in [0.1, 0.15) is 6.61 Å². The van der Waals surface area contributed by atoms with Crippen LogP contribution in [0.1, 0.15) is 0 Å². The van der Waals surface area contributed by atoms with Gasteiger partial charge in [-0.25, -0.2) is 0 Å². The number of rotatable bonds is 12. The topological polar surface area (TPSA) is 137 Å². The van der Waals surface area contributed by atoms with Crippen molar-refractivity contribution in [2.45, 2.75) is 0 Å². The Morgan fingerprint density at radius 2 is 1.16 bits per heavy atom. The van der Waals surface area contributed by atoms with Crippen molar-refractivity contribution in [3.05, 3.63) is 0 Å². The average Bonchev–Trinajstić information content (AvgIpc) is 2.48. The lowest BCUT2D eigenvalue weighted by molar-refractivity contribution is -0.140. The van der Waals surface area contributed by atoms with Crippen LogP contribution < -0.4 is 0 Å². The zero-order chi connectivity index (χ0) is 14.8. The van der Waals surface area contributed by atoms with Crippen molar-refractivity contribution < 1.29 is 39.8 Å². The molecule has 0 aliphatic heterocycles. The minimum absolute atomic E-state index is 0.157. The maximum atomic E-state index is 10.1. The van der Waals surface area contributed by atoms with Crippen LogP contribution in [0.25, 0.3) is 0 Å². The zero-order valence-corrected chi connectivity index (χ0v) is 10.7. The molecule has 0 aromatic rings. The quantitative estimate of drug-likeness (QED) is 0.241. The first kappa shape index (κ1) is 18.2. The Morgan fingerprint density at radius 1 is 0.737 bits per heavy atom. The number of carbonyl (C=O) groups excluding carboxylic acids is 1. The molecule has 0 rings (SSSR count). The van der Waals surface area contributed by atoms with Gasteiger partial charge in [-0.3, -0.25) is 4.79 Å². The Hall–Kier alpha value is -0.770. The highest BCUT2D eigenvalue weighted by molar-refractivity contribution is 5.37. The molecule has 0 aromatic carbocycles. The maximum Gasteiger partial charge on any atom is 0.293 e. The number of ether oxygens (including phenoxy) is 2. The third kappa shape index (κ3) is 5.39. The van der Waals surface area contributed by atoms with Crippen LogP contribution in [0.3, 0.4) is 0 Å². The minimum Gasteiger partial charge on any atom is -0.467 e. The van der Waals surface area contributed by atoms with Crippen LogP contribution in [0.15, 0.2) is 0 Å². The first-order chi connectivity index (χ1) is 9.07. The monoisotopic (exact) mass is 282 g/mol. The molecule has 8 heteroatoms. The Labute approximate surface area is 111 Å². The van der Waals surface area contributed by atoms with E-state index in [4.69, 9.17) is 20.1 Å². The van der Waals surface area contributed by atoms with E-state index in [-0.39, 0.29) is 26.3 Å². The summed E-state index contributed by atoms with van der Waals surface area (Å²) in [6, 6.07) is 0. The molecule has 0 aliphatic rings. The van der Waals surface area contributed by atoms with Crippen LogP contribution in [0.4, 0.5) is 0 Å². The van der Waals surface area contributed by atoms with Crippen molar-refractivity contribution in [2.75, 3.05) is 52.9 Å². The summed E-state index contributed by atoms with van der Waals surface area (Å²) in [7, 11) is 0. The van der Waals surface area contributed by atoms with E-state index >= 15 is 0 Å². The van der Waals surface area contributed by atoms with Gasteiger partial charge in [0, 0.05) is 0 Å². The van der Waals surface area contributed by atoms with Crippen LogP contribution in [0.2, 0.25) is 0 Å². The minimum atomic E-state index is -1.19. The van der Waals surface area contributed by atoms with Gasteiger partial charge in [0.2, 0.25) is 0 Å². The summed E-state index contributed by atoms with van der Waals surface area (Å²) in [6.45, 7) is -2.73. The Morgan fingerprint density at radius 3 is 1.53 bits per heavy atom. The summed E-state index contributed by atoms with van der Waals surface area (Å²) in [5.74, 6) is 0. The maximum absolute atomic E-state index is 10.1. The SMILES string of the molecule is O=COCC(CO)(CO)COCC(CO)(CO)CO. The molecular formula is C11H22O8. The average molecular weight is 282 g/mol. The van der Waals surface area contributed by atoms with Crippen LogP contribution in [-0.2, 0) is 14.3 Å². The van der Waals surface area contributed by atoms with Crippen molar-refractivity contribution >= 4 is 6.47 Å². The highest BCUT2D eigenvalue weighted by atomic mass is 16.5. The molecule has 0 atom stereocenters. The fraction of sp³-hybridized carbons (Fsp3) is 0.909. The van der Waals surface area contributed by atoms with E-state index in [1.807, 2.05) is 0 Å². The fourth-order valence-electron chi connectivity index (χ4n) is 1.26. The molecule has 19 heavy (non-hydrogen) atoms. The van der Waals surface area contributed by atoms with Gasteiger partial charge < -0.3 is 35.0 Å². The standard InChI is InChI=1S/C11H22O8/c12-1-10(2-13,3-14)6-18-7-11(4-15,5-16)8-19-9-17/h9,12-16H,1-8H2. The smallest absolute Gasteiger partial charge is 0.293 e. The second-order valence-electron chi connectivity index (χ2n) is 4.69. The summed E-state index contributed by atoms with van der Waals surface area (Å²) in [5, 5.41) is 45.7. The summed E-state index contributed by atoms with van der Waals surface area (Å²) >= 11 is 0. The lowest BCUT2D eigenvalue weighted by Gasteiger charge is -2.32. The summed E-state index contributed by atoms with van der Waals surface area (Å²) in [4.78, 5) is 10.1. The van der Waals surface area contributed by atoms with E-state index in [0.29, 0.717) is 0 Å². The van der Waals surface area contributed by atoms with Gasteiger partial charge in [0.25, 0.3) is 6.47 Å². The molecule has 0 heterocycles. The summed E-state index contributed by atoms with van der Waals surface area (Å²) in [6.07, 6.45) is 0. The van der Waals surface area contributed by atoms with Gasteiger partial charge in [-0.15, -0.1) is 0 Å². The number of hydrogen-bond donors (Lipinski definition) is 5. The largest absolute Gasteiger partial charge is 0.467 e. The summed E-state index contributed by atoms with van der Waals surface area (Å²) in [5.41, 5.74) is -2.35.